The summed E-state index contributed by atoms with van der Waals surface area (Å²) in [5.74, 6) is 0.411. The van der Waals surface area contributed by atoms with Gasteiger partial charge in [-0.25, -0.2) is 0 Å². The molecule has 20 heavy (non-hydrogen) atoms. The van der Waals surface area contributed by atoms with Crippen molar-refractivity contribution < 1.29 is 9.84 Å². The van der Waals surface area contributed by atoms with E-state index in [1.165, 1.54) is 0 Å². The van der Waals surface area contributed by atoms with Crippen LogP contribution in [0.5, 0.6) is 5.75 Å². The van der Waals surface area contributed by atoms with Crippen molar-refractivity contribution in [3.63, 3.8) is 0 Å². The molecule has 0 aliphatic carbocycles. The van der Waals surface area contributed by atoms with Gasteiger partial charge in [0.1, 0.15) is 18.5 Å². The van der Waals surface area contributed by atoms with Crippen LogP contribution in [0.1, 0.15) is 11.7 Å². The molecule has 0 fully saturated rings. The Bertz CT molecular complexity index is 622. The largest absolute Gasteiger partial charge is 0.489 e. The maximum absolute atomic E-state index is 10.1. The van der Waals surface area contributed by atoms with Crippen LogP contribution >= 0.6 is 39.1 Å². The van der Waals surface area contributed by atoms with E-state index in [9.17, 15) is 5.11 Å². The predicted molar refractivity (Wildman–Crippen MR) is 85.5 cm³/mol. The average Bonchev–Trinajstić information content (AvgIpc) is 2.41. The van der Waals surface area contributed by atoms with Crippen molar-refractivity contribution in [3.8, 4) is 5.75 Å². The maximum Gasteiger partial charge on any atom is 0.139 e. The third kappa shape index (κ3) is 3.58. The minimum atomic E-state index is -0.838. The van der Waals surface area contributed by atoms with Crippen LogP contribution in [0.4, 0.5) is 5.69 Å². The monoisotopic (exact) mass is 375 g/mol. The minimum absolute atomic E-state index is 0.0336. The first-order valence-electron chi connectivity index (χ1n) is 5.79. The highest BCUT2D eigenvalue weighted by molar-refractivity contribution is 9.10. The maximum atomic E-state index is 10.1. The molecule has 0 saturated carbocycles. The number of aliphatic hydroxyl groups is 1. The smallest absolute Gasteiger partial charge is 0.139 e. The first kappa shape index (κ1) is 15.4. The van der Waals surface area contributed by atoms with E-state index < -0.39 is 6.10 Å². The second-order valence-corrected chi connectivity index (χ2v) is 5.82. The van der Waals surface area contributed by atoms with Crippen LogP contribution in [0, 0.1) is 0 Å². The lowest BCUT2D eigenvalue weighted by Gasteiger charge is -2.15. The van der Waals surface area contributed by atoms with Gasteiger partial charge in [0.05, 0.1) is 10.0 Å². The van der Waals surface area contributed by atoms with E-state index in [4.69, 9.17) is 33.7 Å². The van der Waals surface area contributed by atoms with Crippen LogP contribution in [0.2, 0.25) is 10.0 Å². The quantitative estimate of drug-likeness (QED) is 0.612. The van der Waals surface area contributed by atoms with Gasteiger partial charge in [-0.1, -0.05) is 41.4 Å². The lowest BCUT2D eigenvalue weighted by molar-refractivity contribution is 0.109. The summed E-state index contributed by atoms with van der Waals surface area (Å²) in [6, 6.07) is 10.3. The second kappa shape index (κ2) is 6.68. The molecule has 0 heterocycles. The third-order valence-corrected chi connectivity index (χ3v) is 4.22. The topological polar surface area (TPSA) is 55.5 Å². The zero-order chi connectivity index (χ0) is 14.7. The molecule has 0 aromatic heterocycles. The number of anilines is 1. The first-order chi connectivity index (χ1) is 9.49. The van der Waals surface area contributed by atoms with Crippen molar-refractivity contribution in [1.82, 2.24) is 0 Å². The van der Waals surface area contributed by atoms with Crippen LogP contribution in [0.25, 0.3) is 0 Å². The highest BCUT2D eigenvalue weighted by Crippen LogP contribution is 2.34. The van der Waals surface area contributed by atoms with Crippen molar-refractivity contribution >= 4 is 44.8 Å². The molecular weight excluding hydrogens is 365 g/mol. The van der Waals surface area contributed by atoms with Gasteiger partial charge >= 0.3 is 0 Å². The van der Waals surface area contributed by atoms with Crippen LogP contribution in [-0.4, -0.2) is 11.7 Å². The molecule has 0 aliphatic rings. The Morgan fingerprint density at radius 1 is 1.20 bits per heavy atom. The Balaban J connectivity index is 2.09. The van der Waals surface area contributed by atoms with Gasteiger partial charge in [0.15, 0.2) is 0 Å². The highest BCUT2D eigenvalue weighted by atomic mass is 79.9. The molecule has 1 unspecified atom stereocenters. The Labute approximate surface area is 135 Å². The SMILES string of the molecule is Nc1ccccc1C(O)COc1cc(Cl)c(Br)cc1Cl. The van der Waals surface area contributed by atoms with E-state index >= 15 is 0 Å². The molecule has 3 nitrogen and oxygen atoms in total. The van der Waals surface area contributed by atoms with Gasteiger partial charge in [0, 0.05) is 21.8 Å². The summed E-state index contributed by atoms with van der Waals surface area (Å²) in [5.41, 5.74) is 6.93. The number of rotatable bonds is 4. The van der Waals surface area contributed by atoms with E-state index in [1.54, 1.807) is 36.4 Å². The van der Waals surface area contributed by atoms with Crippen molar-refractivity contribution in [1.29, 1.82) is 0 Å². The Morgan fingerprint density at radius 2 is 1.90 bits per heavy atom. The standard InChI is InChI=1S/C14H12BrCl2NO2/c15-9-5-11(17)14(6-10(9)16)20-7-13(19)8-3-1-2-4-12(8)18/h1-6,13,19H,7,18H2. The molecule has 0 bridgehead atoms. The molecule has 0 saturated heterocycles. The van der Waals surface area contributed by atoms with Crippen molar-refractivity contribution in [2.45, 2.75) is 6.10 Å². The number of para-hydroxylation sites is 1. The summed E-state index contributed by atoms with van der Waals surface area (Å²) in [7, 11) is 0. The fourth-order valence-electron chi connectivity index (χ4n) is 1.69. The number of hydrogen-bond acceptors (Lipinski definition) is 3. The number of hydrogen-bond donors (Lipinski definition) is 2. The molecule has 1 atom stereocenters. The molecular formula is C14H12BrCl2NO2. The van der Waals surface area contributed by atoms with Gasteiger partial charge in [0.25, 0.3) is 0 Å². The van der Waals surface area contributed by atoms with Crippen LogP contribution in [0.15, 0.2) is 40.9 Å². The Kier molecular flexibility index (Phi) is 5.16. The summed E-state index contributed by atoms with van der Waals surface area (Å²) in [6.07, 6.45) is -0.838. The van der Waals surface area contributed by atoms with Gasteiger partial charge in [-0.05, 0) is 28.1 Å². The molecule has 2 rings (SSSR count). The van der Waals surface area contributed by atoms with Gasteiger partial charge in [-0.15, -0.1) is 0 Å². The molecule has 0 aliphatic heterocycles. The van der Waals surface area contributed by atoms with E-state index in [-0.39, 0.29) is 6.61 Å². The third-order valence-electron chi connectivity index (χ3n) is 2.73. The normalized spacial score (nSPS) is 12.2. The van der Waals surface area contributed by atoms with Crippen molar-refractivity contribution in [2.75, 3.05) is 12.3 Å². The van der Waals surface area contributed by atoms with Gasteiger partial charge in [-0.2, -0.15) is 0 Å². The molecule has 106 valence electrons. The van der Waals surface area contributed by atoms with Gasteiger partial charge in [-0.3, -0.25) is 0 Å². The minimum Gasteiger partial charge on any atom is -0.489 e. The van der Waals surface area contributed by atoms with Gasteiger partial charge < -0.3 is 15.6 Å². The zero-order valence-corrected chi connectivity index (χ0v) is 13.4. The summed E-state index contributed by atoms with van der Waals surface area (Å²) < 4.78 is 6.19. The second-order valence-electron chi connectivity index (χ2n) is 4.15. The first-order valence-corrected chi connectivity index (χ1v) is 7.33. The number of aliphatic hydroxyl groups excluding tert-OH is 1. The number of nitrogens with two attached hydrogens (primary N) is 1. The number of ether oxygens (including phenoxy) is 1. The number of halogens is 3. The van der Waals surface area contributed by atoms with E-state index in [2.05, 4.69) is 15.9 Å². The predicted octanol–water partition coefficient (Wildman–Crippen LogP) is 4.45. The van der Waals surface area contributed by atoms with Crippen LogP contribution in [0.3, 0.4) is 0 Å². The summed E-state index contributed by atoms with van der Waals surface area (Å²) >= 11 is 15.3. The summed E-state index contributed by atoms with van der Waals surface area (Å²) in [4.78, 5) is 0. The highest BCUT2D eigenvalue weighted by Gasteiger charge is 2.13. The molecule has 3 N–H and O–H groups in total. The van der Waals surface area contributed by atoms with E-state index in [1.807, 2.05) is 0 Å². The molecule has 0 amide bonds. The number of nitrogen functional groups attached to an aromatic ring is 1. The fourth-order valence-corrected chi connectivity index (χ4v) is 2.53. The lowest BCUT2D eigenvalue weighted by atomic mass is 10.1. The fraction of sp³-hybridized carbons (Fsp3) is 0.143. The Hall–Kier alpha value is -0.940. The van der Waals surface area contributed by atoms with Crippen molar-refractivity contribution in [3.05, 3.63) is 56.5 Å². The average molecular weight is 377 g/mol. The molecule has 6 heteroatoms. The van der Waals surface area contributed by atoms with Crippen molar-refractivity contribution in [2.24, 2.45) is 0 Å². The molecule has 0 radical (unpaired) electrons. The van der Waals surface area contributed by atoms with E-state index in [0.717, 1.165) is 0 Å². The summed E-state index contributed by atoms with van der Waals surface area (Å²) in [5, 5.41) is 11.0. The van der Waals surface area contributed by atoms with Crippen LogP contribution in [-0.2, 0) is 0 Å². The Morgan fingerprint density at radius 3 is 2.60 bits per heavy atom. The van der Waals surface area contributed by atoms with Gasteiger partial charge in [0.2, 0.25) is 0 Å². The molecule has 2 aromatic rings. The van der Waals surface area contributed by atoms with Crippen LogP contribution < -0.4 is 10.5 Å². The number of benzene rings is 2. The summed E-state index contributed by atoms with van der Waals surface area (Å²) in [6.45, 7) is 0.0336. The lowest BCUT2D eigenvalue weighted by Crippen LogP contribution is -2.11. The molecule has 2 aromatic carbocycles. The molecule has 0 spiro atoms. The van der Waals surface area contributed by atoms with E-state index in [0.29, 0.717) is 31.5 Å². The zero-order valence-electron chi connectivity index (χ0n) is 10.3.